The lowest BCUT2D eigenvalue weighted by Gasteiger charge is -2.12. The number of aromatic nitrogens is 3. The Morgan fingerprint density at radius 3 is 2.04 bits per heavy atom. The lowest BCUT2D eigenvalue weighted by Crippen LogP contribution is -1.97. The molecule has 234 valence electrons. The van der Waals surface area contributed by atoms with Gasteiger partial charge in [0, 0.05) is 50.3 Å². The normalized spacial score (nSPS) is 11.6. The molecule has 0 aliphatic heterocycles. The fourth-order valence-electron chi connectivity index (χ4n) is 7.20. The molecule has 4 nitrogen and oxygen atoms in total. The number of nitrogens with zero attached hydrogens (tertiary/aromatic N) is 3. The van der Waals surface area contributed by atoms with E-state index in [2.05, 4.69) is 150 Å². The molecule has 0 unspecified atom stereocenters. The van der Waals surface area contributed by atoms with Gasteiger partial charge in [-0.3, -0.25) is 0 Å². The zero-order valence-electron chi connectivity index (χ0n) is 27.0. The van der Waals surface area contributed by atoms with Gasteiger partial charge in [-0.15, -0.1) is 0 Å². The van der Waals surface area contributed by atoms with E-state index in [1.165, 1.54) is 16.2 Å². The summed E-state index contributed by atoms with van der Waals surface area (Å²) >= 11 is 0. The molecule has 0 bridgehead atoms. The van der Waals surface area contributed by atoms with E-state index in [0.717, 1.165) is 72.3 Å². The molecule has 0 aliphatic carbocycles. The van der Waals surface area contributed by atoms with Crippen molar-refractivity contribution in [2.75, 3.05) is 0 Å². The molecule has 3 heterocycles. The fraction of sp³-hybridized carbons (Fsp3) is 0. The second-order valence-electron chi connectivity index (χ2n) is 12.6. The Hall–Kier alpha value is -6.78. The van der Waals surface area contributed by atoms with E-state index in [4.69, 9.17) is 14.4 Å². The first-order chi connectivity index (χ1) is 24.8. The zero-order chi connectivity index (χ0) is 33.0. The van der Waals surface area contributed by atoms with Crippen LogP contribution < -0.4 is 0 Å². The number of benzene rings is 7. The van der Waals surface area contributed by atoms with Crippen molar-refractivity contribution in [3.63, 3.8) is 0 Å². The van der Waals surface area contributed by atoms with Gasteiger partial charge in [0.05, 0.1) is 16.9 Å². The standard InChI is InChI=1S/C46H29N3O/c1-2-11-31(12-3-1)41-29-42(38-17-8-13-30-10-4-5-14-36(30)38)48-46(47-41)32-20-23-35(24-21-32)49-27-26-34-28-33(22-25-43(34)49)37-16-9-18-40-39-15-6-7-19-44(39)50-45(37)40/h1-29H. The maximum atomic E-state index is 6.34. The van der Waals surface area contributed by atoms with Crippen molar-refractivity contribution >= 4 is 43.6 Å². The van der Waals surface area contributed by atoms with Crippen molar-refractivity contribution in [3.8, 4) is 50.7 Å². The smallest absolute Gasteiger partial charge is 0.160 e. The molecule has 0 saturated heterocycles. The van der Waals surface area contributed by atoms with Crippen LogP contribution >= 0.6 is 0 Å². The number of rotatable bonds is 5. The van der Waals surface area contributed by atoms with Crippen molar-refractivity contribution < 1.29 is 4.42 Å². The van der Waals surface area contributed by atoms with Gasteiger partial charge in [0.15, 0.2) is 5.82 Å². The highest BCUT2D eigenvalue weighted by atomic mass is 16.3. The van der Waals surface area contributed by atoms with Crippen LogP contribution in [-0.2, 0) is 0 Å². The summed E-state index contributed by atoms with van der Waals surface area (Å²) in [6.45, 7) is 0. The van der Waals surface area contributed by atoms with E-state index in [0.29, 0.717) is 5.82 Å². The quantitative estimate of drug-likeness (QED) is 0.188. The number of para-hydroxylation sites is 2. The molecule has 0 aliphatic rings. The largest absolute Gasteiger partial charge is 0.455 e. The summed E-state index contributed by atoms with van der Waals surface area (Å²) in [5.74, 6) is 0.697. The number of furan rings is 1. The van der Waals surface area contributed by atoms with Gasteiger partial charge in [-0.2, -0.15) is 0 Å². The average molecular weight is 640 g/mol. The topological polar surface area (TPSA) is 43.9 Å². The Morgan fingerprint density at radius 2 is 1.14 bits per heavy atom. The molecule has 50 heavy (non-hydrogen) atoms. The second kappa shape index (κ2) is 11.4. The van der Waals surface area contributed by atoms with Crippen LogP contribution in [0.3, 0.4) is 0 Å². The molecule has 0 saturated carbocycles. The van der Waals surface area contributed by atoms with Crippen molar-refractivity contribution in [2.24, 2.45) is 0 Å². The molecule has 0 amide bonds. The summed E-state index contributed by atoms with van der Waals surface area (Å²) < 4.78 is 8.57. The van der Waals surface area contributed by atoms with E-state index in [-0.39, 0.29) is 0 Å². The lowest BCUT2D eigenvalue weighted by atomic mass is 10.0. The van der Waals surface area contributed by atoms with E-state index in [9.17, 15) is 0 Å². The Kier molecular flexibility index (Phi) is 6.46. The van der Waals surface area contributed by atoms with Gasteiger partial charge < -0.3 is 8.98 Å². The monoisotopic (exact) mass is 639 g/mol. The second-order valence-corrected chi connectivity index (χ2v) is 12.6. The summed E-state index contributed by atoms with van der Waals surface area (Å²) in [7, 11) is 0. The van der Waals surface area contributed by atoms with E-state index in [1.807, 2.05) is 30.3 Å². The van der Waals surface area contributed by atoms with Gasteiger partial charge in [0.25, 0.3) is 0 Å². The minimum Gasteiger partial charge on any atom is -0.455 e. The molecule has 0 atom stereocenters. The Morgan fingerprint density at radius 1 is 0.440 bits per heavy atom. The van der Waals surface area contributed by atoms with Crippen LogP contribution in [0.15, 0.2) is 180 Å². The fourth-order valence-corrected chi connectivity index (χ4v) is 7.20. The van der Waals surface area contributed by atoms with Gasteiger partial charge >= 0.3 is 0 Å². The van der Waals surface area contributed by atoms with E-state index < -0.39 is 0 Å². The lowest BCUT2D eigenvalue weighted by molar-refractivity contribution is 0.670. The van der Waals surface area contributed by atoms with E-state index >= 15 is 0 Å². The third kappa shape index (κ3) is 4.69. The number of fused-ring (bicyclic) bond motifs is 5. The summed E-state index contributed by atoms with van der Waals surface area (Å²) in [6, 6.07) is 59.2. The van der Waals surface area contributed by atoms with Gasteiger partial charge in [-0.05, 0) is 70.9 Å². The third-order valence-corrected chi connectivity index (χ3v) is 9.67. The highest BCUT2D eigenvalue weighted by Gasteiger charge is 2.15. The maximum Gasteiger partial charge on any atom is 0.160 e. The molecule has 10 rings (SSSR count). The Bertz CT molecular complexity index is 2860. The number of hydrogen-bond donors (Lipinski definition) is 0. The molecular weight excluding hydrogens is 611 g/mol. The summed E-state index contributed by atoms with van der Waals surface area (Å²) in [4.78, 5) is 10.2. The average Bonchev–Trinajstić information content (AvgIpc) is 3.79. The highest BCUT2D eigenvalue weighted by molar-refractivity contribution is 6.10. The van der Waals surface area contributed by atoms with Gasteiger partial charge in [0.1, 0.15) is 11.2 Å². The first-order valence-corrected chi connectivity index (χ1v) is 16.8. The van der Waals surface area contributed by atoms with Crippen molar-refractivity contribution in [1.82, 2.24) is 14.5 Å². The maximum absolute atomic E-state index is 6.34. The van der Waals surface area contributed by atoms with Crippen LogP contribution in [0.5, 0.6) is 0 Å². The molecule has 0 spiro atoms. The first-order valence-electron chi connectivity index (χ1n) is 16.8. The van der Waals surface area contributed by atoms with Crippen LogP contribution in [0.25, 0.3) is 94.3 Å². The molecule has 0 radical (unpaired) electrons. The molecule has 10 aromatic rings. The highest BCUT2D eigenvalue weighted by Crippen LogP contribution is 2.37. The van der Waals surface area contributed by atoms with Crippen LogP contribution in [0, 0.1) is 0 Å². The minimum absolute atomic E-state index is 0.697. The Labute approximate surface area is 288 Å². The number of hydrogen-bond acceptors (Lipinski definition) is 3. The predicted octanol–water partition coefficient (Wildman–Crippen LogP) is 12.1. The first kappa shape index (κ1) is 28.3. The molecule has 0 fully saturated rings. The molecule has 4 heteroatoms. The van der Waals surface area contributed by atoms with Gasteiger partial charge in [-0.1, -0.05) is 115 Å². The zero-order valence-corrected chi connectivity index (χ0v) is 27.0. The molecule has 7 aromatic carbocycles. The molecular formula is C46H29N3O. The predicted molar refractivity (Wildman–Crippen MR) is 205 cm³/mol. The summed E-state index contributed by atoms with van der Waals surface area (Å²) in [5, 5.41) is 5.80. The van der Waals surface area contributed by atoms with E-state index in [1.54, 1.807) is 0 Å². The summed E-state index contributed by atoms with van der Waals surface area (Å²) in [6.07, 6.45) is 2.14. The summed E-state index contributed by atoms with van der Waals surface area (Å²) in [5.41, 5.74) is 11.2. The van der Waals surface area contributed by atoms with Gasteiger partial charge in [0.2, 0.25) is 0 Å². The third-order valence-electron chi connectivity index (χ3n) is 9.67. The van der Waals surface area contributed by atoms with Crippen molar-refractivity contribution in [2.45, 2.75) is 0 Å². The molecule has 3 aromatic heterocycles. The van der Waals surface area contributed by atoms with Crippen molar-refractivity contribution in [1.29, 1.82) is 0 Å². The van der Waals surface area contributed by atoms with Crippen LogP contribution in [0.1, 0.15) is 0 Å². The Balaban J connectivity index is 1.03. The van der Waals surface area contributed by atoms with Crippen LogP contribution in [-0.4, -0.2) is 14.5 Å². The van der Waals surface area contributed by atoms with Crippen molar-refractivity contribution in [3.05, 3.63) is 176 Å². The molecule has 0 N–H and O–H groups in total. The van der Waals surface area contributed by atoms with Crippen LogP contribution in [0.4, 0.5) is 0 Å². The van der Waals surface area contributed by atoms with Crippen LogP contribution in [0.2, 0.25) is 0 Å². The minimum atomic E-state index is 0.697. The van der Waals surface area contributed by atoms with Gasteiger partial charge in [-0.25, -0.2) is 9.97 Å². The SMILES string of the molecule is c1ccc(-c2cc(-c3cccc4ccccc34)nc(-c3ccc(-n4ccc5cc(-c6cccc7c6oc6ccccc67)ccc54)cc3)n2)cc1.